The summed E-state index contributed by atoms with van der Waals surface area (Å²) in [5.41, 5.74) is 2.38. The summed E-state index contributed by atoms with van der Waals surface area (Å²) in [6.07, 6.45) is 6.70. The normalized spacial score (nSPS) is 21.5. The largest absolute Gasteiger partial charge is 0.325 e. The lowest BCUT2D eigenvalue weighted by atomic mass is 10.2. The lowest BCUT2D eigenvalue weighted by Crippen LogP contribution is -2.32. The summed E-state index contributed by atoms with van der Waals surface area (Å²) in [4.78, 5) is 26.7. The summed E-state index contributed by atoms with van der Waals surface area (Å²) in [6, 6.07) is 7.23. The molecule has 0 bridgehead atoms. The van der Waals surface area contributed by atoms with E-state index in [4.69, 9.17) is 0 Å². The molecule has 26 heavy (non-hydrogen) atoms. The van der Waals surface area contributed by atoms with Crippen molar-refractivity contribution in [1.82, 2.24) is 14.7 Å². The minimum atomic E-state index is -0.108. The van der Waals surface area contributed by atoms with Crippen LogP contribution in [0, 0.1) is 5.92 Å². The van der Waals surface area contributed by atoms with E-state index < -0.39 is 0 Å². The number of benzene rings is 1. The first kappa shape index (κ1) is 16.6. The number of aromatic nitrogens is 2. The van der Waals surface area contributed by atoms with E-state index in [0.717, 1.165) is 37.9 Å². The van der Waals surface area contributed by atoms with Crippen molar-refractivity contribution >= 4 is 23.3 Å². The zero-order valence-corrected chi connectivity index (χ0v) is 14.8. The first-order chi connectivity index (χ1) is 12.6. The average Bonchev–Trinajstić information content (AvgIpc) is 3.03. The highest BCUT2D eigenvalue weighted by Crippen LogP contribution is 2.48. The fourth-order valence-corrected chi connectivity index (χ4v) is 3.53. The van der Waals surface area contributed by atoms with Crippen LogP contribution < -0.4 is 10.6 Å². The number of nitrogens with one attached hydrogen (secondary N) is 2. The smallest absolute Gasteiger partial charge is 0.321 e. The van der Waals surface area contributed by atoms with Crippen molar-refractivity contribution in [3.05, 3.63) is 42.2 Å². The van der Waals surface area contributed by atoms with Crippen molar-refractivity contribution < 1.29 is 9.59 Å². The van der Waals surface area contributed by atoms with Crippen LogP contribution in [0.1, 0.15) is 30.7 Å². The molecule has 2 aromatic rings. The van der Waals surface area contributed by atoms with E-state index in [0.29, 0.717) is 11.4 Å². The highest BCUT2D eigenvalue weighted by atomic mass is 16.2. The molecule has 1 aromatic carbocycles. The van der Waals surface area contributed by atoms with Crippen LogP contribution in [0.5, 0.6) is 0 Å². The van der Waals surface area contributed by atoms with E-state index in [1.165, 1.54) is 0 Å². The lowest BCUT2D eigenvalue weighted by molar-refractivity contribution is -0.117. The highest BCUT2D eigenvalue weighted by molar-refractivity contribution is 6.01. The van der Waals surface area contributed by atoms with Crippen LogP contribution in [0.25, 0.3) is 0 Å². The van der Waals surface area contributed by atoms with Gasteiger partial charge in [0.15, 0.2) is 0 Å². The number of carbonyl (C=O) groups excluding carboxylic acids is 2. The number of amides is 3. The summed E-state index contributed by atoms with van der Waals surface area (Å²) in [5.74, 6) is 0.179. The van der Waals surface area contributed by atoms with Crippen molar-refractivity contribution in [2.24, 2.45) is 13.0 Å². The molecule has 1 saturated carbocycles. The van der Waals surface area contributed by atoms with Gasteiger partial charge in [-0.2, -0.15) is 5.10 Å². The molecular weight excluding hydrogens is 330 g/mol. The number of hydrogen-bond donors (Lipinski definition) is 2. The minimum Gasteiger partial charge on any atom is -0.325 e. The van der Waals surface area contributed by atoms with Crippen molar-refractivity contribution in [3.63, 3.8) is 0 Å². The Bertz CT molecular complexity index is 825. The molecule has 0 radical (unpaired) electrons. The van der Waals surface area contributed by atoms with E-state index in [9.17, 15) is 9.59 Å². The van der Waals surface area contributed by atoms with Gasteiger partial charge in [0.25, 0.3) is 0 Å². The molecule has 1 aliphatic heterocycles. The van der Waals surface area contributed by atoms with Crippen LogP contribution in [0.4, 0.5) is 16.2 Å². The number of carbonyl (C=O) groups is 2. The third kappa shape index (κ3) is 3.42. The Hall–Kier alpha value is -2.83. The standard InChI is InChI=1S/C19H23N5O2/c1-23-12-13(11-20-23)14-10-15(14)18(25)21-16-6-2-3-7-17(16)22-19(26)24-8-4-5-9-24/h2-3,6-7,11-12,14-15H,4-5,8-10H2,1H3,(H,21,25)(H,22,26)/t14-,15+/m0/s1. The van der Waals surface area contributed by atoms with Crippen LogP contribution in [0.15, 0.2) is 36.7 Å². The zero-order valence-electron chi connectivity index (χ0n) is 14.8. The molecule has 2 atom stereocenters. The van der Waals surface area contributed by atoms with Gasteiger partial charge in [-0.25, -0.2) is 4.79 Å². The van der Waals surface area contributed by atoms with E-state index in [2.05, 4.69) is 15.7 Å². The molecule has 7 heteroatoms. The molecule has 7 nitrogen and oxygen atoms in total. The van der Waals surface area contributed by atoms with Gasteiger partial charge < -0.3 is 15.5 Å². The molecule has 2 aliphatic rings. The molecule has 2 N–H and O–H groups in total. The number of nitrogens with zero attached hydrogens (tertiary/aromatic N) is 3. The molecule has 1 saturated heterocycles. The highest BCUT2D eigenvalue weighted by Gasteiger charge is 2.44. The zero-order chi connectivity index (χ0) is 18.1. The van der Waals surface area contributed by atoms with Gasteiger partial charge in [0.2, 0.25) is 5.91 Å². The third-order valence-corrected chi connectivity index (χ3v) is 5.10. The van der Waals surface area contributed by atoms with Crippen LogP contribution in [0.3, 0.4) is 0 Å². The number of likely N-dealkylation sites (tertiary alicyclic amines) is 1. The second-order valence-electron chi connectivity index (χ2n) is 7.06. The summed E-state index contributed by atoms with van der Waals surface area (Å²) in [6.45, 7) is 1.57. The number of urea groups is 1. The third-order valence-electron chi connectivity index (χ3n) is 5.10. The summed E-state index contributed by atoms with van der Waals surface area (Å²) < 4.78 is 1.76. The van der Waals surface area contributed by atoms with Gasteiger partial charge in [-0.15, -0.1) is 0 Å². The summed E-state index contributed by atoms with van der Waals surface area (Å²) in [7, 11) is 1.88. The van der Waals surface area contributed by atoms with Crippen LogP contribution in [-0.4, -0.2) is 39.7 Å². The maximum Gasteiger partial charge on any atom is 0.321 e. The molecule has 2 heterocycles. The molecule has 1 aromatic heterocycles. The fraction of sp³-hybridized carbons (Fsp3) is 0.421. The van der Waals surface area contributed by atoms with Crippen molar-refractivity contribution in [2.45, 2.75) is 25.2 Å². The number of hydrogen-bond acceptors (Lipinski definition) is 3. The van der Waals surface area contributed by atoms with Crippen LogP contribution in [0.2, 0.25) is 0 Å². The van der Waals surface area contributed by atoms with Crippen molar-refractivity contribution in [3.8, 4) is 0 Å². The average molecular weight is 353 g/mol. The Kier molecular flexibility index (Phi) is 4.36. The Labute approximate surface area is 152 Å². The van der Waals surface area contributed by atoms with E-state index in [1.807, 2.05) is 43.7 Å². The Morgan fingerprint density at radius 1 is 1.12 bits per heavy atom. The van der Waals surface area contributed by atoms with Gasteiger partial charge in [0, 0.05) is 32.3 Å². The number of anilines is 2. The molecule has 3 amide bonds. The molecule has 136 valence electrons. The Morgan fingerprint density at radius 2 is 1.81 bits per heavy atom. The number of aryl methyl sites for hydroxylation is 1. The van der Waals surface area contributed by atoms with Gasteiger partial charge in [0.1, 0.15) is 0 Å². The Balaban J connectivity index is 1.40. The van der Waals surface area contributed by atoms with Gasteiger partial charge in [-0.05, 0) is 42.9 Å². The van der Waals surface area contributed by atoms with Crippen molar-refractivity contribution in [1.29, 1.82) is 0 Å². The summed E-state index contributed by atoms with van der Waals surface area (Å²) in [5, 5.41) is 10.1. The lowest BCUT2D eigenvalue weighted by Gasteiger charge is -2.18. The molecule has 0 spiro atoms. The van der Waals surface area contributed by atoms with Gasteiger partial charge in [0.05, 0.1) is 17.6 Å². The maximum absolute atomic E-state index is 12.6. The second kappa shape index (κ2) is 6.82. The van der Waals surface area contributed by atoms with Crippen molar-refractivity contribution in [2.75, 3.05) is 23.7 Å². The topological polar surface area (TPSA) is 79.3 Å². The van der Waals surface area contributed by atoms with Crippen LogP contribution in [-0.2, 0) is 11.8 Å². The fourth-order valence-electron chi connectivity index (χ4n) is 3.53. The first-order valence-corrected chi connectivity index (χ1v) is 9.06. The quantitative estimate of drug-likeness (QED) is 0.887. The summed E-state index contributed by atoms with van der Waals surface area (Å²) >= 11 is 0. The Morgan fingerprint density at radius 3 is 2.46 bits per heavy atom. The number of rotatable bonds is 4. The molecule has 0 unspecified atom stereocenters. The second-order valence-corrected chi connectivity index (χ2v) is 7.06. The molecular formula is C19H23N5O2. The molecule has 2 fully saturated rings. The van der Waals surface area contributed by atoms with E-state index in [1.54, 1.807) is 9.58 Å². The van der Waals surface area contributed by atoms with Gasteiger partial charge >= 0.3 is 6.03 Å². The predicted octanol–water partition coefficient (Wildman–Crippen LogP) is 2.79. The SMILES string of the molecule is Cn1cc([C@@H]2C[C@H]2C(=O)Nc2ccccc2NC(=O)N2CCCC2)cn1. The predicted molar refractivity (Wildman–Crippen MR) is 99.0 cm³/mol. The maximum atomic E-state index is 12.6. The molecule has 1 aliphatic carbocycles. The molecule has 4 rings (SSSR count). The van der Waals surface area contributed by atoms with Gasteiger partial charge in [-0.1, -0.05) is 12.1 Å². The monoisotopic (exact) mass is 353 g/mol. The van der Waals surface area contributed by atoms with E-state index in [-0.39, 0.29) is 23.8 Å². The van der Waals surface area contributed by atoms with E-state index >= 15 is 0 Å². The number of para-hydroxylation sites is 2. The van der Waals surface area contributed by atoms with Gasteiger partial charge in [-0.3, -0.25) is 9.48 Å². The van der Waals surface area contributed by atoms with Crippen LogP contribution >= 0.6 is 0 Å². The minimum absolute atomic E-state index is 0.0123. The first-order valence-electron chi connectivity index (χ1n) is 9.06.